The summed E-state index contributed by atoms with van der Waals surface area (Å²) in [5, 5.41) is 3.73. The molecule has 1 aliphatic carbocycles. The normalized spacial score (nSPS) is 17.4. The van der Waals surface area contributed by atoms with Crippen LogP contribution in [0.4, 0.5) is 0 Å². The minimum atomic E-state index is -4.81. The van der Waals surface area contributed by atoms with Crippen LogP contribution >= 0.6 is 0 Å². The molecule has 0 saturated carbocycles. The Bertz CT molecular complexity index is 1330. The lowest BCUT2D eigenvalue weighted by molar-refractivity contribution is 0.250. The number of benzene rings is 3. The second-order valence-electron chi connectivity index (χ2n) is 7.24. The summed E-state index contributed by atoms with van der Waals surface area (Å²) in [6, 6.07) is 19.2. The van der Waals surface area contributed by atoms with Crippen LogP contribution in [-0.2, 0) is 24.4 Å². The van der Waals surface area contributed by atoms with E-state index in [1.54, 1.807) is 18.2 Å². The van der Waals surface area contributed by atoms with E-state index in [0.29, 0.717) is 6.42 Å². The van der Waals surface area contributed by atoms with Gasteiger partial charge in [0.05, 0.1) is 11.5 Å². The molecular formula is C22H21NO6S2. The minimum absolute atomic E-state index is 0.0246. The van der Waals surface area contributed by atoms with E-state index in [2.05, 4.69) is 9.50 Å². The third kappa shape index (κ3) is 4.86. The van der Waals surface area contributed by atoms with Gasteiger partial charge >= 0.3 is 10.4 Å². The molecule has 0 fully saturated rings. The molecule has 0 radical (unpaired) electrons. The van der Waals surface area contributed by atoms with Gasteiger partial charge in [-0.25, -0.2) is 12.6 Å². The summed E-state index contributed by atoms with van der Waals surface area (Å²) < 4.78 is 62.2. The van der Waals surface area contributed by atoms with Crippen molar-refractivity contribution >= 4 is 37.1 Å². The summed E-state index contributed by atoms with van der Waals surface area (Å²) in [6.45, 7) is -0.765. The fraction of sp³-hybridized carbons (Fsp3) is 0.182. The number of nitrogens with one attached hydrogen (secondary N) is 1. The summed E-state index contributed by atoms with van der Waals surface area (Å²) in [7, 11) is -8.81. The molecule has 9 heteroatoms. The second kappa shape index (κ2) is 8.52. The zero-order chi connectivity index (χ0) is 22.1. The van der Waals surface area contributed by atoms with E-state index >= 15 is 0 Å². The lowest BCUT2D eigenvalue weighted by Gasteiger charge is -2.28. The number of sulfone groups is 1. The van der Waals surface area contributed by atoms with Gasteiger partial charge in [-0.3, -0.25) is 9.87 Å². The van der Waals surface area contributed by atoms with Crippen molar-refractivity contribution in [1.29, 1.82) is 0 Å². The molecule has 2 atom stereocenters. The molecule has 1 aliphatic rings. The molecular weight excluding hydrogens is 438 g/mol. The van der Waals surface area contributed by atoms with Crippen molar-refractivity contribution in [1.82, 2.24) is 5.32 Å². The van der Waals surface area contributed by atoms with E-state index < -0.39 is 38.3 Å². The van der Waals surface area contributed by atoms with Crippen molar-refractivity contribution in [3.8, 4) is 0 Å². The first-order valence-electron chi connectivity index (χ1n) is 9.60. The van der Waals surface area contributed by atoms with E-state index in [9.17, 15) is 16.8 Å². The Kier molecular flexibility index (Phi) is 5.96. The quantitative estimate of drug-likeness (QED) is 0.520. The molecule has 0 bridgehead atoms. The highest BCUT2D eigenvalue weighted by Gasteiger charge is 2.32. The first-order chi connectivity index (χ1) is 14.7. The van der Waals surface area contributed by atoms with Crippen LogP contribution in [0.3, 0.4) is 0 Å². The molecule has 0 heterocycles. The maximum absolute atomic E-state index is 13.2. The molecule has 7 nitrogen and oxygen atoms in total. The van der Waals surface area contributed by atoms with E-state index in [1.165, 1.54) is 12.1 Å². The van der Waals surface area contributed by atoms with Gasteiger partial charge in [0.2, 0.25) is 0 Å². The standard InChI is InChI=1S/C22H21NO6S2/c24-30(25,19-10-2-1-3-11-19)22(15-29-31(26,27)28)23-21-12-6-9-18-13-16-7-4-5-8-17(16)14-20(18)21/h1-11,13-14,21-23H,12,15H2,(H,26,27,28). The first kappa shape index (κ1) is 21.7. The van der Waals surface area contributed by atoms with Crippen molar-refractivity contribution in [2.75, 3.05) is 6.61 Å². The van der Waals surface area contributed by atoms with E-state index in [1.807, 2.05) is 48.6 Å². The topological polar surface area (TPSA) is 110 Å². The minimum Gasteiger partial charge on any atom is -0.292 e. The first-order valence-corrected chi connectivity index (χ1v) is 12.5. The molecule has 0 aliphatic heterocycles. The largest absolute Gasteiger partial charge is 0.397 e. The van der Waals surface area contributed by atoms with Crippen molar-refractivity contribution in [2.45, 2.75) is 22.7 Å². The van der Waals surface area contributed by atoms with Gasteiger partial charge in [-0.2, -0.15) is 8.42 Å². The fourth-order valence-corrected chi connectivity index (χ4v) is 5.56. The smallest absolute Gasteiger partial charge is 0.292 e. The van der Waals surface area contributed by atoms with Crippen LogP contribution in [0.1, 0.15) is 23.6 Å². The Labute approximate surface area is 181 Å². The molecule has 0 amide bonds. The zero-order valence-electron chi connectivity index (χ0n) is 16.4. The second-order valence-corrected chi connectivity index (χ2v) is 10.5. The van der Waals surface area contributed by atoms with Crippen molar-refractivity contribution < 1.29 is 25.6 Å². The number of rotatable bonds is 7. The maximum Gasteiger partial charge on any atom is 0.397 e. The summed E-state index contributed by atoms with van der Waals surface area (Å²) in [4.78, 5) is 0.0246. The van der Waals surface area contributed by atoms with Crippen LogP contribution in [0, 0.1) is 0 Å². The number of fused-ring (bicyclic) bond motifs is 2. The Morgan fingerprint density at radius 1 is 0.968 bits per heavy atom. The van der Waals surface area contributed by atoms with E-state index in [-0.39, 0.29) is 4.90 Å². The summed E-state index contributed by atoms with van der Waals surface area (Å²) in [6.07, 6.45) is 4.43. The Morgan fingerprint density at radius 3 is 2.29 bits per heavy atom. The van der Waals surface area contributed by atoms with Gasteiger partial charge in [0, 0.05) is 6.04 Å². The van der Waals surface area contributed by atoms with Crippen molar-refractivity contribution in [3.63, 3.8) is 0 Å². The maximum atomic E-state index is 13.2. The summed E-state index contributed by atoms with van der Waals surface area (Å²) in [5.41, 5.74) is 1.86. The van der Waals surface area contributed by atoms with Crippen LogP contribution < -0.4 is 5.32 Å². The fourth-order valence-electron chi connectivity index (χ4n) is 3.71. The van der Waals surface area contributed by atoms with Gasteiger partial charge in [-0.05, 0) is 52.6 Å². The van der Waals surface area contributed by atoms with Crippen LogP contribution in [0.15, 0.2) is 77.7 Å². The molecule has 0 aromatic heterocycles. The average Bonchev–Trinajstić information content (AvgIpc) is 2.75. The predicted molar refractivity (Wildman–Crippen MR) is 118 cm³/mol. The molecule has 2 N–H and O–H groups in total. The van der Waals surface area contributed by atoms with Crippen LogP contribution in [0.2, 0.25) is 0 Å². The van der Waals surface area contributed by atoms with Gasteiger partial charge in [-0.1, -0.05) is 54.6 Å². The van der Waals surface area contributed by atoms with Gasteiger partial charge < -0.3 is 0 Å². The molecule has 31 heavy (non-hydrogen) atoms. The number of hydrogen-bond acceptors (Lipinski definition) is 6. The zero-order valence-corrected chi connectivity index (χ0v) is 18.0. The van der Waals surface area contributed by atoms with Gasteiger partial charge in [0.25, 0.3) is 0 Å². The highest BCUT2D eigenvalue weighted by molar-refractivity contribution is 7.92. The van der Waals surface area contributed by atoms with Crippen molar-refractivity contribution in [3.05, 3.63) is 83.9 Å². The molecule has 4 rings (SSSR count). The summed E-state index contributed by atoms with van der Waals surface area (Å²) >= 11 is 0. The SMILES string of the molecule is O=S(=O)(O)OCC(NC1CC=Cc2cc3ccccc3cc21)S(=O)(=O)c1ccccc1. The number of hydrogen-bond donors (Lipinski definition) is 2. The predicted octanol–water partition coefficient (Wildman–Crippen LogP) is 3.51. The lowest BCUT2D eigenvalue weighted by Crippen LogP contribution is -2.43. The highest BCUT2D eigenvalue weighted by atomic mass is 32.3. The molecule has 2 unspecified atom stereocenters. The Balaban J connectivity index is 1.71. The van der Waals surface area contributed by atoms with E-state index in [0.717, 1.165) is 21.9 Å². The molecule has 162 valence electrons. The van der Waals surface area contributed by atoms with Crippen LogP contribution in [-0.4, -0.2) is 33.4 Å². The lowest BCUT2D eigenvalue weighted by atomic mass is 9.90. The van der Waals surface area contributed by atoms with Gasteiger partial charge in [0.1, 0.15) is 5.37 Å². The van der Waals surface area contributed by atoms with Crippen molar-refractivity contribution in [2.24, 2.45) is 0 Å². The van der Waals surface area contributed by atoms with Crippen LogP contribution in [0.25, 0.3) is 16.8 Å². The third-order valence-electron chi connectivity index (χ3n) is 5.20. The summed E-state index contributed by atoms with van der Waals surface area (Å²) in [5.74, 6) is 0. The molecule has 0 spiro atoms. The average molecular weight is 460 g/mol. The molecule has 3 aromatic carbocycles. The van der Waals surface area contributed by atoms with Gasteiger partial charge in [0.15, 0.2) is 9.84 Å². The Hall–Kier alpha value is -2.56. The third-order valence-corrected chi connectivity index (χ3v) is 7.58. The van der Waals surface area contributed by atoms with Crippen LogP contribution in [0.5, 0.6) is 0 Å². The molecule has 0 saturated heterocycles. The van der Waals surface area contributed by atoms with Gasteiger partial charge in [-0.15, -0.1) is 0 Å². The monoisotopic (exact) mass is 459 g/mol. The molecule has 3 aromatic rings. The highest BCUT2D eigenvalue weighted by Crippen LogP contribution is 2.32. The Morgan fingerprint density at radius 2 is 1.61 bits per heavy atom. The van der Waals surface area contributed by atoms with E-state index in [4.69, 9.17) is 4.55 Å².